The van der Waals surface area contributed by atoms with E-state index in [0.29, 0.717) is 16.8 Å². The lowest BCUT2D eigenvalue weighted by molar-refractivity contribution is -0.140. The van der Waals surface area contributed by atoms with Gasteiger partial charge in [0.25, 0.3) is 0 Å². The lowest BCUT2D eigenvalue weighted by Crippen LogP contribution is -2.08. The minimum Gasteiger partial charge on any atom is -0.481 e. The molecule has 0 spiro atoms. The van der Waals surface area contributed by atoms with Crippen LogP contribution < -0.4 is 0 Å². The predicted molar refractivity (Wildman–Crippen MR) is 71.0 cm³/mol. The molecular formula is C15H14F3NO2. The molecule has 1 fully saturated rings. The van der Waals surface area contributed by atoms with E-state index in [2.05, 4.69) is 4.98 Å². The molecule has 112 valence electrons. The van der Waals surface area contributed by atoms with E-state index in [1.165, 1.54) is 0 Å². The molecule has 2 aromatic rings. The van der Waals surface area contributed by atoms with Gasteiger partial charge in [0, 0.05) is 10.9 Å². The van der Waals surface area contributed by atoms with E-state index in [9.17, 15) is 18.0 Å². The SMILES string of the molecule is O=C(O)CC(c1ccc2[nH]c(C(F)(F)F)cc2c1)C1CC1. The number of carbonyl (C=O) groups is 1. The van der Waals surface area contributed by atoms with Crippen LogP contribution in [0.5, 0.6) is 0 Å². The Morgan fingerprint density at radius 3 is 2.62 bits per heavy atom. The van der Waals surface area contributed by atoms with E-state index >= 15 is 0 Å². The first-order valence-electron chi connectivity index (χ1n) is 6.76. The lowest BCUT2D eigenvalue weighted by Gasteiger charge is -2.14. The number of aromatic amines is 1. The van der Waals surface area contributed by atoms with Gasteiger partial charge in [-0.15, -0.1) is 0 Å². The Balaban J connectivity index is 1.97. The summed E-state index contributed by atoms with van der Waals surface area (Å²) in [5.41, 5.74) is 0.437. The molecule has 1 heterocycles. The van der Waals surface area contributed by atoms with Gasteiger partial charge in [0.2, 0.25) is 0 Å². The maximum absolute atomic E-state index is 12.7. The van der Waals surface area contributed by atoms with Crippen LogP contribution >= 0.6 is 0 Å². The average Bonchev–Trinajstić information content (AvgIpc) is 3.12. The van der Waals surface area contributed by atoms with Crippen molar-refractivity contribution in [3.63, 3.8) is 0 Å². The quantitative estimate of drug-likeness (QED) is 0.890. The Kier molecular flexibility index (Phi) is 3.19. The van der Waals surface area contributed by atoms with Gasteiger partial charge in [0.1, 0.15) is 5.69 Å². The Bertz CT molecular complexity index is 686. The fourth-order valence-corrected chi connectivity index (χ4v) is 2.78. The van der Waals surface area contributed by atoms with Crippen LogP contribution in [-0.4, -0.2) is 16.1 Å². The Hall–Kier alpha value is -1.98. The molecule has 0 saturated heterocycles. The molecule has 0 bridgehead atoms. The van der Waals surface area contributed by atoms with E-state index in [-0.39, 0.29) is 12.3 Å². The normalized spacial score (nSPS) is 17.1. The number of carboxylic acid groups (broad SMARTS) is 1. The third-order valence-corrected chi connectivity index (χ3v) is 3.96. The number of hydrogen-bond acceptors (Lipinski definition) is 1. The smallest absolute Gasteiger partial charge is 0.431 e. The minimum atomic E-state index is -4.41. The van der Waals surface area contributed by atoms with E-state index in [1.807, 2.05) is 0 Å². The summed E-state index contributed by atoms with van der Waals surface area (Å²) in [6.07, 6.45) is -2.42. The standard InChI is InChI=1S/C15H14F3NO2/c16-15(17,18)13-6-10-5-9(3-4-12(10)19-13)11(7-14(20)21)8-1-2-8/h3-6,8,11,19H,1-2,7H2,(H,20,21). The van der Waals surface area contributed by atoms with Gasteiger partial charge in [-0.3, -0.25) is 4.79 Å². The fraction of sp³-hybridized carbons (Fsp3) is 0.400. The van der Waals surface area contributed by atoms with Crippen molar-refractivity contribution in [1.29, 1.82) is 0 Å². The first kappa shape index (κ1) is 14.0. The summed E-state index contributed by atoms with van der Waals surface area (Å²) in [7, 11) is 0. The molecule has 3 rings (SSSR count). The average molecular weight is 297 g/mol. The third-order valence-electron chi connectivity index (χ3n) is 3.96. The number of alkyl halides is 3. The zero-order valence-electron chi connectivity index (χ0n) is 11.1. The molecule has 1 aromatic carbocycles. The molecule has 2 N–H and O–H groups in total. The van der Waals surface area contributed by atoms with Crippen LogP contribution in [0.4, 0.5) is 13.2 Å². The lowest BCUT2D eigenvalue weighted by atomic mass is 9.90. The molecule has 1 atom stereocenters. The largest absolute Gasteiger partial charge is 0.481 e. The number of aliphatic carboxylic acids is 1. The van der Waals surface area contributed by atoms with Crippen molar-refractivity contribution in [1.82, 2.24) is 4.98 Å². The topological polar surface area (TPSA) is 53.1 Å². The van der Waals surface area contributed by atoms with Crippen LogP contribution in [0.2, 0.25) is 0 Å². The number of carboxylic acids is 1. The highest BCUT2D eigenvalue weighted by molar-refractivity contribution is 5.81. The van der Waals surface area contributed by atoms with Crippen molar-refractivity contribution < 1.29 is 23.1 Å². The zero-order chi connectivity index (χ0) is 15.2. The number of nitrogens with one attached hydrogen (secondary N) is 1. The van der Waals surface area contributed by atoms with Gasteiger partial charge >= 0.3 is 12.1 Å². The van der Waals surface area contributed by atoms with Crippen molar-refractivity contribution >= 4 is 16.9 Å². The monoisotopic (exact) mass is 297 g/mol. The predicted octanol–water partition coefficient (Wildman–Crippen LogP) is 4.16. The number of fused-ring (bicyclic) bond motifs is 1. The van der Waals surface area contributed by atoms with Gasteiger partial charge < -0.3 is 10.1 Å². The van der Waals surface area contributed by atoms with Gasteiger partial charge in [0.15, 0.2) is 0 Å². The van der Waals surface area contributed by atoms with Crippen LogP contribution in [0.3, 0.4) is 0 Å². The first-order chi connectivity index (χ1) is 9.84. The van der Waals surface area contributed by atoms with Crippen molar-refractivity contribution in [3.05, 3.63) is 35.5 Å². The number of halogens is 3. The van der Waals surface area contributed by atoms with Crippen molar-refractivity contribution in [3.8, 4) is 0 Å². The van der Waals surface area contributed by atoms with Crippen LogP contribution in [0.15, 0.2) is 24.3 Å². The Labute approximate surface area is 118 Å². The fourth-order valence-electron chi connectivity index (χ4n) is 2.78. The van der Waals surface area contributed by atoms with E-state index in [0.717, 1.165) is 24.5 Å². The van der Waals surface area contributed by atoms with E-state index in [4.69, 9.17) is 5.11 Å². The zero-order valence-corrected chi connectivity index (χ0v) is 11.1. The van der Waals surface area contributed by atoms with E-state index in [1.54, 1.807) is 18.2 Å². The summed E-state index contributed by atoms with van der Waals surface area (Å²) >= 11 is 0. The molecule has 1 aliphatic rings. The highest BCUT2D eigenvalue weighted by Gasteiger charge is 2.35. The highest BCUT2D eigenvalue weighted by atomic mass is 19.4. The molecule has 1 aromatic heterocycles. The second-order valence-electron chi connectivity index (χ2n) is 5.57. The third kappa shape index (κ3) is 2.89. The molecule has 21 heavy (non-hydrogen) atoms. The maximum atomic E-state index is 12.7. The molecule has 1 saturated carbocycles. The first-order valence-corrected chi connectivity index (χ1v) is 6.76. The molecule has 1 unspecified atom stereocenters. The van der Waals surface area contributed by atoms with Crippen molar-refractivity contribution in [2.75, 3.05) is 0 Å². The number of hydrogen-bond donors (Lipinski definition) is 2. The van der Waals surface area contributed by atoms with Gasteiger partial charge in [-0.05, 0) is 48.4 Å². The maximum Gasteiger partial charge on any atom is 0.431 e. The molecule has 0 aliphatic heterocycles. The second-order valence-corrected chi connectivity index (χ2v) is 5.57. The van der Waals surface area contributed by atoms with Crippen LogP contribution in [0.1, 0.15) is 36.4 Å². The Morgan fingerprint density at radius 1 is 1.33 bits per heavy atom. The number of H-pyrrole nitrogens is 1. The van der Waals surface area contributed by atoms with Crippen molar-refractivity contribution in [2.24, 2.45) is 5.92 Å². The van der Waals surface area contributed by atoms with E-state index < -0.39 is 17.8 Å². The van der Waals surface area contributed by atoms with Gasteiger partial charge in [-0.1, -0.05) is 6.07 Å². The molecule has 0 radical (unpaired) electrons. The summed E-state index contributed by atoms with van der Waals surface area (Å²) in [5, 5.41) is 9.46. The number of rotatable bonds is 4. The van der Waals surface area contributed by atoms with Gasteiger partial charge in [-0.25, -0.2) is 0 Å². The highest BCUT2D eigenvalue weighted by Crippen LogP contribution is 2.45. The number of aromatic nitrogens is 1. The van der Waals surface area contributed by atoms with Gasteiger partial charge in [-0.2, -0.15) is 13.2 Å². The molecule has 1 aliphatic carbocycles. The number of benzene rings is 1. The summed E-state index contributed by atoms with van der Waals surface area (Å²) in [5.74, 6) is -0.659. The van der Waals surface area contributed by atoms with Crippen molar-refractivity contribution in [2.45, 2.75) is 31.4 Å². The van der Waals surface area contributed by atoms with Crippen LogP contribution in [0, 0.1) is 5.92 Å². The Morgan fingerprint density at radius 2 is 2.05 bits per heavy atom. The molecule has 3 nitrogen and oxygen atoms in total. The van der Waals surface area contributed by atoms with Crippen LogP contribution in [0.25, 0.3) is 10.9 Å². The molecule has 0 amide bonds. The van der Waals surface area contributed by atoms with Crippen LogP contribution in [-0.2, 0) is 11.0 Å². The van der Waals surface area contributed by atoms with Gasteiger partial charge in [0.05, 0.1) is 6.42 Å². The second kappa shape index (κ2) is 4.79. The molecule has 6 heteroatoms. The summed E-state index contributed by atoms with van der Waals surface area (Å²) in [4.78, 5) is 13.3. The minimum absolute atomic E-state index is 0.0206. The summed E-state index contributed by atoms with van der Waals surface area (Å²) < 4.78 is 38.1. The summed E-state index contributed by atoms with van der Waals surface area (Å²) in [6.45, 7) is 0. The molecular weight excluding hydrogens is 283 g/mol. The summed E-state index contributed by atoms with van der Waals surface area (Å²) in [6, 6.07) is 6.07.